The molecule has 4 N–H and O–H groups in total. The third kappa shape index (κ3) is 6.13. The van der Waals surface area contributed by atoms with Crippen LogP contribution in [0.25, 0.3) is 10.1 Å². The van der Waals surface area contributed by atoms with Crippen molar-refractivity contribution in [2.24, 2.45) is 11.3 Å². The molecule has 1 aliphatic carbocycles. The first-order valence-electron chi connectivity index (χ1n) is 16.2. The number of nitrogens with one attached hydrogen (secondary N) is 1. The van der Waals surface area contributed by atoms with Crippen LogP contribution >= 0.6 is 18.9 Å². The van der Waals surface area contributed by atoms with Gasteiger partial charge >= 0.3 is 13.3 Å². The van der Waals surface area contributed by atoms with Gasteiger partial charge in [0, 0.05) is 42.5 Å². The molecule has 256 valence electrons. The molecule has 4 saturated heterocycles. The number of aliphatic hydroxyl groups is 1. The molecule has 3 amide bonds. The van der Waals surface area contributed by atoms with Crippen LogP contribution in [0.5, 0.6) is 0 Å². The molecule has 0 bridgehead atoms. The number of carbonyl (C=O) groups is 3. The van der Waals surface area contributed by atoms with Crippen molar-refractivity contribution in [2.75, 3.05) is 39.4 Å². The van der Waals surface area contributed by atoms with E-state index in [9.17, 15) is 32.8 Å². The lowest BCUT2D eigenvalue weighted by molar-refractivity contribution is -0.161. The summed E-state index contributed by atoms with van der Waals surface area (Å²) in [4.78, 5) is 64.6. The average molecular weight is 697 g/mol. The van der Waals surface area contributed by atoms with Crippen molar-refractivity contribution in [2.45, 2.75) is 75.0 Å². The Labute approximate surface area is 274 Å². The number of carbonyl (C=O) groups excluding carboxylic acids is 3. The summed E-state index contributed by atoms with van der Waals surface area (Å²) in [7, 11) is -5.76. The van der Waals surface area contributed by atoms with Crippen molar-refractivity contribution < 1.29 is 47.4 Å². The van der Waals surface area contributed by atoms with Gasteiger partial charge in [-0.3, -0.25) is 23.8 Å². The van der Waals surface area contributed by atoms with Crippen molar-refractivity contribution in [1.29, 1.82) is 0 Å². The highest BCUT2D eigenvalue weighted by atomic mass is 32.1. The molecule has 47 heavy (non-hydrogen) atoms. The van der Waals surface area contributed by atoms with E-state index < -0.39 is 43.0 Å². The van der Waals surface area contributed by atoms with E-state index in [1.807, 2.05) is 4.90 Å². The summed E-state index contributed by atoms with van der Waals surface area (Å²) >= 11 is 1.04. The molecule has 1 aromatic heterocycles. The molecule has 4 aliphatic heterocycles. The standard InChI is InChI=1S/C31H39F2N4O8PS/c32-31(33,46(42,43)44)20-1-4-24-18(13-20)14-25(47-24)26(38)34-22-15-30(7-8-30)6-5-21-2-3-23(37(21)28(22)40)29(41)36-16-19(17-36)27(39)35-9-11-45-12-10-35/h1,4,13-14,19,21-23,29,41H,2-3,5-12,15-17H2,(H,34,38)(H2,42,43,44)/t21-,22+,23+,29?/m1/s1. The molecule has 0 radical (unpaired) electrons. The Kier molecular flexibility index (Phi) is 8.51. The van der Waals surface area contributed by atoms with Gasteiger partial charge < -0.3 is 34.7 Å². The molecule has 5 heterocycles. The number of hydrogen-bond donors (Lipinski definition) is 4. The number of aliphatic hydroxyl groups excluding tert-OH is 1. The SMILES string of the molecule is O=C(N[C@H]1CC2(CC[C@H]3CC[C@@H](C(O)N4CC(C(=O)N5CCOCC5)C4)N3C1=O)CC2)c1cc2cc(C(F)(F)P(=O)(O)O)ccc2s1. The van der Waals surface area contributed by atoms with Gasteiger partial charge in [0.25, 0.3) is 5.91 Å². The number of alkyl halides is 2. The summed E-state index contributed by atoms with van der Waals surface area (Å²) in [6.07, 6.45) is 4.56. The summed E-state index contributed by atoms with van der Waals surface area (Å²) < 4.78 is 45.9. The Morgan fingerprint density at radius 3 is 2.49 bits per heavy atom. The van der Waals surface area contributed by atoms with Crippen LogP contribution in [0.1, 0.15) is 60.2 Å². The highest BCUT2D eigenvalue weighted by Gasteiger charge is 2.54. The fraction of sp³-hybridized carbons (Fsp3) is 0.645. The number of amides is 3. The lowest BCUT2D eigenvalue weighted by Crippen LogP contribution is -2.64. The Hall–Kier alpha value is -2.52. The Bertz CT molecular complexity index is 1620. The average Bonchev–Trinajstić information content (AvgIpc) is 3.44. The highest BCUT2D eigenvalue weighted by molar-refractivity contribution is 7.52. The molecule has 1 spiro atoms. The Balaban J connectivity index is 1.06. The molecular weight excluding hydrogens is 657 g/mol. The molecule has 1 unspecified atom stereocenters. The van der Waals surface area contributed by atoms with Crippen LogP contribution in [0.2, 0.25) is 0 Å². The van der Waals surface area contributed by atoms with Gasteiger partial charge in [-0.25, -0.2) is 0 Å². The molecule has 16 heteroatoms. The van der Waals surface area contributed by atoms with E-state index in [0.29, 0.717) is 56.9 Å². The summed E-state index contributed by atoms with van der Waals surface area (Å²) in [6, 6.07) is 3.21. The molecule has 5 fully saturated rings. The van der Waals surface area contributed by atoms with E-state index in [-0.39, 0.29) is 39.5 Å². The van der Waals surface area contributed by atoms with E-state index in [1.165, 1.54) is 12.1 Å². The molecular formula is C31H39F2N4O8PS. The van der Waals surface area contributed by atoms with E-state index in [0.717, 1.165) is 55.6 Å². The summed E-state index contributed by atoms with van der Waals surface area (Å²) in [5.41, 5.74) is -5.25. The summed E-state index contributed by atoms with van der Waals surface area (Å²) in [5.74, 6) is -0.926. The minimum atomic E-state index is -5.76. The maximum atomic E-state index is 14.3. The van der Waals surface area contributed by atoms with Gasteiger partial charge in [-0.05, 0) is 73.9 Å². The Morgan fingerprint density at radius 1 is 1.09 bits per heavy atom. The number of ether oxygens (including phenoxy) is 1. The first kappa shape index (κ1) is 33.0. The number of likely N-dealkylation sites (tertiary alicyclic amines) is 1. The van der Waals surface area contributed by atoms with Gasteiger partial charge in [0.2, 0.25) is 11.8 Å². The quantitative estimate of drug-likeness (QED) is 0.320. The summed E-state index contributed by atoms with van der Waals surface area (Å²) in [6.45, 7) is 3.00. The molecule has 12 nitrogen and oxygen atoms in total. The zero-order valence-electron chi connectivity index (χ0n) is 25.7. The molecule has 7 rings (SSSR count). The van der Waals surface area contributed by atoms with Gasteiger partial charge in [0.05, 0.1) is 30.1 Å². The predicted molar refractivity (Wildman–Crippen MR) is 167 cm³/mol. The summed E-state index contributed by atoms with van der Waals surface area (Å²) in [5, 5.41) is 14.6. The second-order valence-electron chi connectivity index (χ2n) is 13.8. The Morgan fingerprint density at radius 2 is 1.81 bits per heavy atom. The number of halogens is 2. The third-order valence-electron chi connectivity index (χ3n) is 10.8. The van der Waals surface area contributed by atoms with E-state index in [2.05, 4.69) is 5.32 Å². The van der Waals surface area contributed by atoms with Gasteiger partial charge in [0.15, 0.2) is 0 Å². The van der Waals surface area contributed by atoms with Crippen molar-refractivity contribution in [3.05, 3.63) is 34.7 Å². The maximum Gasteiger partial charge on any atom is 0.399 e. The van der Waals surface area contributed by atoms with Crippen molar-refractivity contribution >= 4 is 46.7 Å². The van der Waals surface area contributed by atoms with Crippen LogP contribution in [0.15, 0.2) is 24.3 Å². The lowest BCUT2D eigenvalue weighted by atomic mass is 9.86. The minimum absolute atomic E-state index is 0.0237. The normalized spacial score (nSPS) is 27.7. The van der Waals surface area contributed by atoms with Gasteiger partial charge in [0.1, 0.15) is 12.3 Å². The maximum absolute atomic E-state index is 14.3. The van der Waals surface area contributed by atoms with Crippen molar-refractivity contribution in [3.8, 4) is 0 Å². The number of morpholine rings is 1. The molecule has 1 saturated carbocycles. The second-order valence-corrected chi connectivity index (χ2v) is 16.5. The van der Waals surface area contributed by atoms with Crippen molar-refractivity contribution in [3.63, 3.8) is 0 Å². The van der Waals surface area contributed by atoms with Crippen LogP contribution in [0.4, 0.5) is 8.78 Å². The van der Waals surface area contributed by atoms with E-state index in [4.69, 9.17) is 14.5 Å². The largest absolute Gasteiger partial charge is 0.399 e. The first-order valence-corrected chi connectivity index (χ1v) is 18.6. The fourth-order valence-corrected chi connectivity index (χ4v) is 9.18. The van der Waals surface area contributed by atoms with Crippen LogP contribution < -0.4 is 5.32 Å². The fourth-order valence-electron chi connectivity index (χ4n) is 7.76. The predicted octanol–water partition coefficient (Wildman–Crippen LogP) is 2.66. The number of fused-ring (bicyclic) bond motifs is 2. The van der Waals surface area contributed by atoms with Gasteiger partial charge in [-0.1, -0.05) is 6.07 Å². The lowest BCUT2D eigenvalue weighted by Gasteiger charge is -2.47. The van der Waals surface area contributed by atoms with Crippen LogP contribution in [-0.2, 0) is 24.6 Å². The smallest absolute Gasteiger partial charge is 0.378 e. The third-order valence-corrected chi connectivity index (χ3v) is 12.9. The zero-order valence-corrected chi connectivity index (χ0v) is 27.4. The second kappa shape index (κ2) is 12.1. The number of nitrogens with zero attached hydrogens (tertiary/aromatic N) is 3. The molecule has 1 aromatic carbocycles. The number of thiophene rings is 1. The topological polar surface area (TPSA) is 160 Å². The first-order chi connectivity index (χ1) is 22.3. The highest BCUT2D eigenvalue weighted by Crippen LogP contribution is 2.59. The number of benzene rings is 1. The number of rotatable bonds is 7. The van der Waals surface area contributed by atoms with E-state index in [1.54, 1.807) is 9.80 Å². The van der Waals surface area contributed by atoms with Crippen molar-refractivity contribution in [1.82, 2.24) is 20.0 Å². The van der Waals surface area contributed by atoms with Gasteiger partial charge in [-0.15, -0.1) is 11.3 Å². The van der Waals surface area contributed by atoms with Crippen LogP contribution in [-0.4, -0.2) is 111 Å². The molecule has 2 aromatic rings. The minimum Gasteiger partial charge on any atom is -0.378 e. The molecule has 4 atom stereocenters. The van der Waals surface area contributed by atoms with Crippen LogP contribution in [0.3, 0.4) is 0 Å². The molecule has 5 aliphatic rings. The van der Waals surface area contributed by atoms with E-state index >= 15 is 0 Å². The number of hydrogen-bond acceptors (Lipinski definition) is 8. The monoisotopic (exact) mass is 696 g/mol. The van der Waals surface area contributed by atoms with Gasteiger partial charge in [-0.2, -0.15) is 8.78 Å². The van der Waals surface area contributed by atoms with Crippen LogP contribution in [0, 0.1) is 11.3 Å². The zero-order chi connectivity index (χ0) is 33.3.